The first-order valence-electron chi connectivity index (χ1n) is 5.46. The average molecular weight is 337 g/mol. The van der Waals surface area contributed by atoms with Crippen LogP contribution < -0.4 is 5.73 Å². The molecule has 2 aromatic carbocycles. The maximum absolute atomic E-state index is 13.2. The van der Waals surface area contributed by atoms with Crippen LogP contribution in [0.15, 0.2) is 45.8 Å². The van der Waals surface area contributed by atoms with Crippen LogP contribution in [-0.2, 0) is 5.75 Å². The molecule has 19 heavy (non-hydrogen) atoms. The molecule has 0 aliphatic heterocycles. The van der Waals surface area contributed by atoms with Crippen LogP contribution in [0.1, 0.15) is 11.1 Å². The van der Waals surface area contributed by atoms with Crippen LogP contribution in [0.4, 0.5) is 10.1 Å². The molecule has 0 saturated carbocycles. The lowest BCUT2D eigenvalue weighted by atomic mass is 10.1. The van der Waals surface area contributed by atoms with E-state index >= 15 is 0 Å². The Kier molecular flexibility index (Phi) is 4.46. The van der Waals surface area contributed by atoms with E-state index in [9.17, 15) is 4.39 Å². The van der Waals surface area contributed by atoms with Gasteiger partial charge in [-0.1, -0.05) is 6.07 Å². The first kappa shape index (κ1) is 13.9. The van der Waals surface area contributed by atoms with Gasteiger partial charge in [-0.2, -0.15) is 5.26 Å². The summed E-state index contributed by atoms with van der Waals surface area (Å²) in [5.74, 6) is 0.183. The molecule has 5 heteroatoms. The number of nitrogens with zero attached hydrogens (tertiary/aromatic N) is 1. The van der Waals surface area contributed by atoms with Crippen LogP contribution in [0.25, 0.3) is 0 Å². The zero-order valence-corrected chi connectivity index (χ0v) is 12.3. The highest BCUT2D eigenvalue weighted by molar-refractivity contribution is 9.10. The van der Waals surface area contributed by atoms with Crippen LogP contribution in [-0.4, -0.2) is 0 Å². The Morgan fingerprint density at radius 1 is 1.26 bits per heavy atom. The van der Waals surface area contributed by atoms with Crippen molar-refractivity contribution in [1.29, 1.82) is 5.26 Å². The fourth-order valence-electron chi connectivity index (χ4n) is 1.54. The number of thioether (sulfide) groups is 1. The monoisotopic (exact) mass is 336 g/mol. The third-order valence-electron chi connectivity index (χ3n) is 2.50. The molecule has 2 nitrogen and oxygen atoms in total. The van der Waals surface area contributed by atoms with Gasteiger partial charge in [0.25, 0.3) is 0 Å². The number of hydrogen-bond donors (Lipinski definition) is 1. The minimum absolute atomic E-state index is 0.0782. The van der Waals surface area contributed by atoms with E-state index in [1.165, 1.54) is 6.07 Å². The fraction of sp³-hybridized carbons (Fsp3) is 0.0714. The normalized spacial score (nSPS) is 10.2. The smallest absolute Gasteiger partial charge is 0.140 e. The van der Waals surface area contributed by atoms with E-state index in [0.717, 1.165) is 14.9 Å². The quantitative estimate of drug-likeness (QED) is 0.670. The van der Waals surface area contributed by atoms with Gasteiger partial charge in [-0.15, -0.1) is 11.8 Å². The number of hydrogen-bond acceptors (Lipinski definition) is 3. The summed E-state index contributed by atoms with van der Waals surface area (Å²) in [6.07, 6.45) is 0. The lowest BCUT2D eigenvalue weighted by molar-refractivity contribution is 0.623. The number of nitrogens with two attached hydrogens (primary N) is 1. The summed E-state index contributed by atoms with van der Waals surface area (Å²) in [7, 11) is 0. The van der Waals surface area contributed by atoms with Crippen molar-refractivity contribution in [3.8, 4) is 6.07 Å². The third kappa shape index (κ3) is 3.49. The Bertz CT molecular complexity index is 652. The molecule has 0 radical (unpaired) electrons. The maximum Gasteiger partial charge on any atom is 0.140 e. The van der Waals surface area contributed by atoms with Crippen LogP contribution in [0.5, 0.6) is 0 Å². The van der Waals surface area contributed by atoms with Gasteiger partial charge in [-0.05, 0) is 51.8 Å². The molecular weight excluding hydrogens is 327 g/mol. The van der Waals surface area contributed by atoms with Gasteiger partial charge in [0.1, 0.15) is 11.9 Å². The predicted molar refractivity (Wildman–Crippen MR) is 79.2 cm³/mol. The van der Waals surface area contributed by atoms with E-state index in [1.54, 1.807) is 23.9 Å². The van der Waals surface area contributed by atoms with Crippen molar-refractivity contribution < 1.29 is 4.39 Å². The van der Waals surface area contributed by atoms with E-state index in [0.29, 0.717) is 11.4 Å². The summed E-state index contributed by atoms with van der Waals surface area (Å²) in [5, 5.41) is 8.78. The summed E-state index contributed by atoms with van der Waals surface area (Å²) in [6.45, 7) is 0. The summed E-state index contributed by atoms with van der Waals surface area (Å²) >= 11 is 5.05. The highest BCUT2D eigenvalue weighted by atomic mass is 79.9. The molecule has 2 N–H and O–H groups in total. The molecule has 0 aliphatic carbocycles. The molecule has 0 atom stereocenters. The van der Waals surface area contributed by atoms with Gasteiger partial charge < -0.3 is 5.73 Å². The van der Waals surface area contributed by atoms with E-state index < -0.39 is 5.82 Å². The number of nitriles is 1. The van der Waals surface area contributed by atoms with Crippen molar-refractivity contribution in [3.05, 3.63) is 57.8 Å². The van der Waals surface area contributed by atoms with Crippen molar-refractivity contribution in [2.24, 2.45) is 0 Å². The second-order valence-electron chi connectivity index (χ2n) is 3.90. The van der Waals surface area contributed by atoms with Crippen molar-refractivity contribution in [1.82, 2.24) is 0 Å². The third-order valence-corrected chi connectivity index (χ3v) is 4.56. The highest BCUT2D eigenvalue weighted by Crippen LogP contribution is 2.31. The summed E-state index contributed by atoms with van der Waals surface area (Å²) in [6, 6.07) is 12.0. The van der Waals surface area contributed by atoms with Crippen LogP contribution in [0.3, 0.4) is 0 Å². The molecule has 0 saturated heterocycles. The standard InChI is InChI=1S/C14H10BrFN2S/c15-12-6-11(18)2-4-14(12)19-8-9-1-3-13(16)10(5-9)7-17/h1-6H,8,18H2. The Morgan fingerprint density at radius 2 is 2.05 bits per heavy atom. The largest absolute Gasteiger partial charge is 0.399 e. The number of halogens is 2. The van der Waals surface area contributed by atoms with Gasteiger partial charge in [0.2, 0.25) is 0 Å². The first-order valence-corrected chi connectivity index (χ1v) is 7.24. The van der Waals surface area contributed by atoms with Gasteiger partial charge in [-0.3, -0.25) is 0 Å². The predicted octanol–water partition coefficient (Wildman–Crippen LogP) is 4.33. The van der Waals surface area contributed by atoms with E-state index in [4.69, 9.17) is 11.0 Å². The molecule has 0 aromatic heterocycles. The van der Waals surface area contributed by atoms with E-state index in [1.807, 2.05) is 24.3 Å². The molecule has 2 rings (SSSR count). The number of nitrogen functional groups attached to an aromatic ring is 1. The summed E-state index contributed by atoms with van der Waals surface area (Å²) in [4.78, 5) is 1.05. The molecule has 0 amide bonds. The molecule has 2 aromatic rings. The Balaban J connectivity index is 2.13. The minimum atomic E-state index is -0.482. The van der Waals surface area contributed by atoms with Gasteiger partial charge in [0.15, 0.2) is 0 Å². The second kappa shape index (κ2) is 6.09. The van der Waals surface area contributed by atoms with E-state index in [2.05, 4.69) is 15.9 Å². The summed E-state index contributed by atoms with van der Waals surface area (Å²) in [5.41, 5.74) is 7.36. The molecular formula is C14H10BrFN2S. The zero-order valence-electron chi connectivity index (χ0n) is 9.86. The lowest BCUT2D eigenvalue weighted by Gasteiger charge is -2.06. The molecule has 0 aliphatic rings. The first-order chi connectivity index (χ1) is 9.10. The topological polar surface area (TPSA) is 49.8 Å². The van der Waals surface area contributed by atoms with Crippen LogP contribution >= 0.6 is 27.7 Å². The van der Waals surface area contributed by atoms with E-state index in [-0.39, 0.29) is 5.56 Å². The fourth-order valence-corrected chi connectivity index (χ4v) is 3.15. The van der Waals surface area contributed by atoms with Crippen molar-refractivity contribution in [2.45, 2.75) is 10.6 Å². The number of benzene rings is 2. The minimum Gasteiger partial charge on any atom is -0.399 e. The van der Waals surface area contributed by atoms with Gasteiger partial charge in [-0.25, -0.2) is 4.39 Å². The lowest BCUT2D eigenvalue weighted by Crippen LogP contribution is -1.89. The average Bonchev–Trinajstić information content (AvgIpc) is 2.39. The molecule has 0 spiro atoms. The zero-order chi connectivity index (χ0) is 13.8. The molecule has 96 valence electrons. The van der Waals surface area contributed by atoms with Crippen molar-refractivity contribution in [3.63, 3.8) is 0 Å². The summed E-state index contributed by atoms with van der Waals surface area (Å²) < 4.78 is 14.1. The van der Waals surface area contributed by atoms with Crippen LogP contribution in [0.2, 0.25) is 0 Å². The van der Waals surface area contributed by atoms with Crippen LogP contribution in [0, 0.1) is 17.1 Å². The Hall–Kier alpha value is -1.51. The maximum atomic E-state index is 13.2. The highest BCUT2D eigenvalue weighted by Gasteiger charge is 2.05. The Morgan fingerprint density at radius 3 is 2.74 bits per heavy atom. The number of anilines is 1. The SMILES string of the molecule is N#Cc1cc(CSc2ccc(N)cc2Br)ccc1F. The van der Waals surface area contributed by atoms with Gasteiger partial charge in [0.05, 0.1) is 5.56 Å². The molecule has 0 bridgehead atoms. The second-order valence-corrected chi connectivity index (χ2v) is 5.78. The molecule has 0 unspecified atom stereocenters. The van der Waals surface area contributed by atoms with Gasteiger partial charge in [0, 0.05) is 20.8 Å². The number of rotatable bonds is 3. The van der Waals surface area contributed by atoms with Crippen molar-refractivity contribution in [2.75, 3.05) is 5.73 Å². The molecule has 0 heterocycles. The van der Waals surface area contributed by atoms with Crippen molar-refractivity contribution >= 4 is 33.4 Å². The Labute approximate surface area is 123 Å². The molecule has 0 fully saturated rings. The van der Waals surface area contributed by atoms with Gasteiger partial charge >= 0.3 is 0 Å².